The number of hydrogen-bond donors (Lipinski definition) is 2. The Bertz CT molecular complexity index is 1730. The maximum absolute atomic E-state index is 3.62. The summed E-state index contributed by atoms with van der Waals surface area (Å²) in [5.74, 6) is 0. The number of H-pyrrole nitrogens is 2. The molecule has 0 aliphatic heterocycles. The van der Waals surface area contributed by atoms with Gasteiger partial charge in [-0.1, -0.05) is 24.3 Å². The second kappa shape index (κ2) is 6.47. The van der Waals surface area contributed by atoms with Crippen molar-refractivity contribution in [3.05, 3.63) is 72.8 Å². The van der Waals surface area contributed by atoms with Crippen molar-refractivity contribution >= 4 is 95.3 Å². The van der Waals surface area contributed by atoms with Crippen molar-refractivity contribution in [3.63, 3.8) is 0 Å². The first kappa shape index (κ1) is 17.6. The molecule has 0 amide bonds. The molecule has 3 aromatic heterocycles. The summed E-state index contributed by atoms with van der Waals surface area (Å²) in [5, 5.41) is 0. The number of aryl methyl sites for hydroxylation is 1. The third-order valence-corrected chi connectivity index (χ3v) is 9.18. The molecule has 0 spiro atoms. The largest absolute Gasteiger partial charge is 0.353 e. The van der Waals surface area contributed by atoms with Crippen molar-refractivity contribution in [1.29, 1.82) is 0 Å². The van der Waals surface area contributed by atoms with Crippen LogP contribution in [-0.2, 0) is 7.05 Å². The lowest BCUT2D eigenvalue weighted by molar-refractivity contribution is 1.01. The molecule has 0 bridgehead atoms. The fourth-order valence-electron chi connectivity index (χ4n) is 4.24. The molecule has 3 heterocycles. The molecule has 0 fully saturated rings. The highest BCUT2D eigenvalue weighted by atomic mass is 32.1. The number of para-hydroxylation sites is 2. The maximum atomic E-state index is 3.62. The number of aromatic nitrogens is 3. The van der Waals surface area contributed by atoms with Gasteiger partial charge in [-0.05, 0) is 48.5 Å². The van der Waals surface area contributed by atoms with Gasteiger partial charge in [0, 0.05) is 7.05 Å². The standard InChI is InChI=1S/C25H17N3S3/c1-28-18-12-22-16(26-14-6-2-4-8-20(14)29-22)10-24(18)31-25-11-17-23(13-19(25)28)30-21-9-5-3-7-15(21)27-17/h2-13,26-27H,1H3. The van der Waals surface area contributed by atoms with Gasteiger partial charge in [0.05, 0.1) is 61.3 Å². The van der Waals surface area contributed by atoms with Gasteiger partial charge in [-0.3, -0.25) is 0 Å². The van der Waals surface area contributed by atoms with Crippen molar-refractivity contribution in [3.8, 4) is 0 Å². The van der Waals surface area contributed by atoms with Gasteiger partial charge in [0.1, 0.15) is 0 Å². The second-order valence-corrected chi connectivity index (χ2v) is 11.0. The third kappa shape index (κ3) is 2.69. The van der Waals surface area contributed by atoms with Crippen LogP contribution in [0.15, 0.2) is 72.8 Å². The van der Waals surface area contributed by atoms with Crippen LogP contribution in [0, 0.1) is 0 Å². The van der Waals surface area contributed by atoms with E-state index >= 15 is 0 Å². The molecule has 3 nitrogen and oxygen atoms in total. The minimum atomic E-state index is 1.18. The first-order valence-electron chi connectivity index (χ1n) is 10.1. The average Bonchev–Trinajstić information content (AvgIpc) is 2.79. The second-order valence-electron chi connectivity index (χ2n) is 7.74. The van der Waals surface area contributed by atoms with Crippen molar-refractivity contribution in [2.75, 3.05) is 0 Å². The molecule has 0 aliphatic rings. The van der Waals surface area contributed by atoms with Gasteiger partial charge < -0.3 is 14.5 Å². The van der Waals surface area contributed by atoms with Crippen molar-refractivity contribution in [2.45, 2.75) is 0 Å². The van der Waals surface area contributed by atoms with Crippen LogP contribution in [0.4, 0.5) is 0 Å². The monoisotopic (exact) mass is 455 g/mol. The van der Waals surface area contributed by atoms with Crippen LogP contribution in [0.1, 0.15) is 0 Å². The molecule has 0 aliphatic carbocycles. The zero-order valence-electron chi connectivity index (χ0n) is 16.6. The Labute approximate surface area is 189 Å². The molecular formula is C25H17N3S3. The molecule has 31 heavy (non-hydrogen) atoms. The van der Waals surface area contributed by atoms with E-state index in [1.807, 2.05) is 34.0 Å². The topological polar surface area (TPSA) is 36.5 Å². The highest BCUT2D eigenvalue weighted by Crippen LogP contribution is 2.36. The van der Waals surface area contributed by atoms with E-state index in [0.29, 0.717) is 0 Å². The van der Waals surface area contributed by atoms with Gasteiger partial charge in [0.2, 0.25) is 0 Å². The molecule has 7 rings (SSSR count). The normalized spacial score (nSPS) is 12.0. The zero-order valence-corrected chi connectivity index (χ0v) is 19.0. The van der Waals surface area contributed by atoms with Gasteiger partial charge in [-0.25, -0.2) is 0 Å². The van der Waals surface area contributed by atoms with E-state index in [4.69, 9.17) is 0 Å². The summed E-state index contributed by atoms with van der Waals surface area (Å²) in [6.07, 6.45) is 0. The van der Waals surface area contributed by atoms with Crippen LogP contribution in [0.3, 0.4) is 0 Å². The molecule has 2 N–H and O–H groups in total. The van der Waals surface area contributed by atoms with Crippen LogP contribution >= 0.6 is 34.0 Å². The van der Waals surface area contributed by atoms with Gasteiger partial charge in [0.15, 0.2) is 0 Å². The molecule has 0 radical (unpaired) electrons. The molecular weight excluding hydrogens is 438 g/mol. The van der Waals surface area contributed by atoms with Crippen LogP contribution in [0.25, 0.3) is 61.3 Å². The molecule has 150 valence electrons. The summed E-state index contributed by atoms with van der Waals surface area (Å²) in [6.45, 7) is 0. The predicted molar refractivity (Wildman–Crippen MR) is 139 cm³/mol. The Morgan fingerprint density at radius 3 is 1.48 bits per heavy atom. The van der Waals surface area contributed by atoms with E-state index < -0.39 is 0 Å². The zero-order chi connectivity index (χ0) is 20.5. The Hall–Kier alpha value is -3.06. The maximum Gasteiger partial charge on any atom is 0.0599 e. The molecule has 0 atom stereocenters. The highest BCUT2D eigenvalue weighted by Gasteiger charge is 2.10. The van der Waals surface area contributed by atoms with E-state index in [9.17, 15) is 0 Å². The smallest absolute Gasteiger partial charge is 0.0599 e. The first-order valence-corrected chi connectivity index (χ1v) is 12.5. The number of nitrogens with one attached hydrogen (secondary N) is 2. The van der Waals surface area contributed by atoms with Crippen molar-refractivity contribution in [2.24, 2.45) is 7.05 Å². The Balaban J connectivity index is 1.58. The van der Waals surface area contributed by atoms with Crippen LogP contribution in [-0.4, -0.2) is 14.5 Å². The van der Waals surface area contributed by atoms with Crippen LogP contribution < -0.4 is 0 Å². The Morgan fingerprint density at radius 1 is 0.516 bits per heavy atom. The average molecular weight is 456 g/mol. The van der Waals surface area contributed by atoms with Crippen LogP contribution in [0.2, 0.25) is 0 Å². The fraction of sp³-hybridized carbons (Fsp3) is 0.0400. The van der Waals surface area contributed by atoms with Gasteiger partial charge in [0.25, 0.3) is 0 Å². The molecule has 6 heteroatoms. The fourth-order valence-corrected chi connectivity index (χ4v) is 7.44. The van der Waals surface area contributed by atoms with Crippen molar-refractivity contribution < 1.29 is 0 Å². The van der Waals surface area contributed by atoms with E-state index in [2.05, 4.69) is 94.4 Å². The molecule has 0 saturated carbocycles. The number of benzene rings is 4. The number of fused-ring (bicyclic) bond motifs is 6. The van der Waals surface area contributed by atoms with E-state index in [-0.39, 0.29) is 0 Å². The Kier molecular flexibility index (Phi) is 3.67. The van der Waals surface area contributed by atoms with Gasteiger partial charge in [-0.2, -0.15) is 0 Å². The summed E-state index contributed by atoms with van der Waals surface area (Å²) in [4.78, 5) is 7.24. The number of nitrogens with zero attached hydrogens (tertiary/aromatic N) is 1. The van der Waals surface area contributed by atoms with Gasteiger partial charge >= 0.3 is 0 Å². The minimum absolute atomic E-state index is 1.18. The lowest BCUT2D eigenvalue weighted by atomic mass is 10.2. The SMILES string of the molecule is Cn1c2cc3sc4ccccc4[nH]c3cc2sc2cc3[nH]c4ccccc4sc3cc21. The summed E-state index contributed by atoms with van der Waals surface area (Å²) in [5.41, 5.74) is 7.27. The van der Waals surface area contributed by atoms with Crippen molar-refractivity contribution in [1.82, 2.24) is 14.5 Å². The number of aromatic amines is 2. The highest BCUT2D eigenvalue weighted by molar-refractivity contribution is 7.26. The number of rotatable bonds is 0. The summed E-state index contributed by atoms with van der Waals surface area (Å²) in [7, 11) is 2.18. The minimum Gasteiger partial charge on any atom is -0.353 e. The molecule has 7 aromatic rings. The summed E-state index contributed by atoms with van der Waals surface area (Å²) in [6, 6.07) is 26.3. The van der Waals surface area contributed by atoms with Crippen LogP contribution in [0.5, 0.6) is 0 Å². The predicted octanol–water partition coefficient (Wildman–Crippen LogP) is 8.47. The van der Waals surface area contributed by atoms with E-state index in [0.717, 1.165) is 0 Å². The molecule has 0 saturated heterocycles. The first-order chi connectivity index (χ1) is 15.2. The van der Waals surface area contributed by atoms with Gasteiger partial charge in [-0.15, -0.1) is 34.0 Å². The lowest BCUT2D eigenvalue weighted by Crippen LogP contribution is -1.95. The van der Waals surface area contributed by atoms with E-state index in [1.165, 1.54) is 61.3 Å². The molecule has 0 unspecified atom stereocenters. The third-order valence-electron chi connectivity index (χ3n) is 5.82. The summed E-state index contributed by atoms with van der Waals surface area (Å²) >= 11 is 5.54. The van der Waals surface area contributed by atoms with E-state index in [1.54, 1.807) is 0 Å². The Morgan fingerprint density at radius 2 is 0.968 bits per heavy atom. The number of hydrogen-bond acceptors (Lipinski definition) is 3. The quantitative estimate of drug-likeness (QED) is 0.215. The molecule has 4 aromatic carbocycles. The lowest BCUT2D eigenvalue weighted by Gasteiger charge is -2.13. The summed E-state index contributed by atoms with van der Waals surface area (Å²) < 4.78 is 10.0.